The normalized spacial score (nSPS) is 35.2. The van der Waals surface area contributed by atoms with Gasteiger partial charge in [0.2, 0.25) is 0 Å². The molecule has 1 aliphatic heterocycles. The lowest BCUT2D eigenvalue weighted by molar-refractivity contribution is 0.229. The Balaban J connectivity index is 1.79. The molecule has 0 radical (unpaired) electrons. The molecular formula is C9H17NS. The highest BCUT2D eigenvalue weighted by Gasteiger charge is 2.35. The first-order valence-electron chi connectivity index (χ1n) is 4.69. The highest BCUT2D eigenvalue weighted by atomic mass is 32.2. The predicted molar refractivity (Wildman–Crippen MR) is 50.9 cm³/mol. The van der Waals surface area contributed by atoms with E-state index in [4.69, 9.17) is 5.73 Å². The topological polar surface area (TPSA) is 26.0 Å². The summed E-state index contributed by atoms with van der Waals surface area (Å²) in [5.74, 6) is 1.38. The summed E-state index contributed by atoms with van der Waals surface area (Å²) in [5.41, 5.74) is 6.44. The molecule has 2 fully saturated rings. The van der Waals surface area contributed by atoms with Crippen LogP contribution in [0.2, 0.25) is 0 Å². The molecule has 0 aromatic carbocycles. The second kappa shape index (κ2) is 2.98. The van der Waals surface area contributed by atoms with Crippen LogP contribution in [0.4, 0.5) is 0 Å². The summed E-state index contributed by atoms with van der Waals surface area (Å²) in [6.07, 6.45) is 8.06. The average molecular weight is 171 g/mol. The molecule has 1 aliphatic carbocycles. The van der Waals surface area contributed by atoms with Crippen LogP contribution < -0.4 is 5.73 Å². The minimum absolute atomic E-state index is 0.266. The van der Waals surface area contributed by atoms with E-state index >= 15 is 0 Å². The molecule has 64 valence electrons. The Morgan fingerprint density at radius 3 is 2.64 bits per heavy atom. The monoisotopic (exact) mass is 171 g/mol. The van der Waals surface area contributed by atoms with E-state index in [0.29, 0.717) is 0 Å². The molecule has 0 aromatic heterocycles. The van der Waals surface area contributed by atoms with Gasteiger partial charge in [-0.15, -0.1) is 0 Å². The van der Waals surface area contributed by atoms with Crippen molar-refractivity contribution in [3.05, 3.63) is 0 Å². The Labute approximate surface area is 73.1 Å². The third-order valence-corrected chi connectivity index (χ3v) is 4.41. The maximum absolute atomic E-state index is 6.17. The van der Waals surface area contributed by atoms with E-state index in [1.54, 1.807) is 0 Å². The maximum Gasteiger partial charge on any atom is 0.0164 e. The fourth-order valence-electron chi connectivity index (χ4n) is 2.09. The molecule has 1 heterocycles. The van der Waals surface area contributed by atoms with Crippen molar-refractivity contribution in [2.24, 2.45) is 5.73 Å². The second-order valence-corrected chi connectivity index (χ2v) is 5.46. The van der Waals surface area contributed by atoms with Crippen molar-refractivity contribution in [2.45, 2.75) is 49.3 Å². The van der Waals surface area contributed by atoms with Crippen LogP contribution in [0.25, 0.3) is 0 Å². The van der Waals surface area contributed by atoms with E-state index in [-0.39, 0.29) is 5.54 Å². The van der Waals surface area contributed by atoms with Gasteiger partial charge in [0, 0.05) is 10.8 Å². The second-order valence-electron chi connectivity index (χ2n) is 4.06. The first-order chi connectivity index (χ1) is 5.29. The third-order valence-electron chi connectivity index (χ3n) is 3.01. The quantitative estimate of drug-likeness (QED) is 0.689. The van der Waals surface area contributed by atoms with Crippen LogP contribution in [0.3, 0.4) is 0 Å². The van der Waals surface area contributed by atoms with Crippen LogP contribution in [-0.2, 0) is 0 Å². The molecule has 1 nitrogen and oxygen atoms in total. The average Bonchev–Trinajstić information content (AvgIpc) is 2.36. The molecule has 1 saturated carbocycles. The molecular weight excluding hydrogens is 154 g/mol. The highest BCUT2D eigenvalue weighted by molar-refractivity contribution is 8.00. The van der Waals surface area contributed by atoms with Gasteiger partial charge >= 0.3 is 0 Å². The largest absolute Gasteiger partial charge is 0.325 e. The van der Waals surface area contributed by atoms with Gasteiger partial charge in [0.05, 0.1) is 0 Å². The van der Waals surface area contributed by atoms with E-state index in [9.17, 15) is 0 Å². The smallest absolute Gasteiger partial charge is 0.0164 e. The fraction of sp³-hybridized carbons (Fsp3) is 1.00. The molecule has 0 amide bonds. The van der Waals surface area contributed by atoms with Gasteiger partial charge in [0.1, 0.15) is 0 Å². The van der Waals surface area contributed by atoms with Gasteiger partial charge in [-0.25, -0.2) is 0 Å². The van der Waals surface area contributed by atoms with Crippen molar-refractivity contribution in [2.75, 3.05) is 5.75 Å². The van der Waals surface area contributed by atoms with Gasteiger partial charge in [-0.1, -0.05) is 0 Å². The third kappa shape index (κ3) is 1.73. The molecule has 0 spiro atoms. The van der Waals surface area contributed by atoms with Crippen molar-refractivity contribution < 1.29 is 0 Å². The van der Waals surface area contributed by atoms with Crippen LogP contribution in [0.5, 0.6) is 0 Å². The summed E-state index contributed by atoms with van der Waals surface area (Å²) in [6.45, 7) is 0. The lowest BCUT2D eigenvalue weighted by Crippen LogP contribution is -2.48. The van der Waals surface area contributed by atoms with Crippen LogP contribution >= 0.6 is 11.8 Å². The van der Waals surface area contributed by atoms with Gasteiger partial charge < -0.3 is 5.73 Å². The van der Waals surface area contributed by atoms with Gasteiger partial charge in [-0.05, 0) is 44.3 Å². The van der Waals surface area contributed by atoms with Gasteiger partial charge in [0.15, 0.2) is 0 Å². The van der Waals surface area contributed by atoms with Crippen molar-refractivity contribution >= 4 is 11.8 Å². The first kappa shape index (κ1) is 7.93. The number of thioether (sulfide) groups is 1. The van der Waals surface area contributed by atoms with Crippen molar-refractivity contribution in [1.82, 2.24) is 0 Å². The van der Waals surface area contributed by atoms with Crippen molar-refractivity contribution in [3.8, 4) is 0 Å². The molecule has 2 aliphatic rings. The minimum atomic E-state index is 0.266. The summed E-state index contributed by atoms with van der Waals surface area (Å²) < 4.78 is 0. The Morgan fingerprint density at radius 2 is 2.18 bits per heavy atom. The van der Waals surface area contributed by atoms with Crippen molar-refractivity contribution in [3.63, 3.8) is 0 Å². The molecule has 1 atom stereocenters. The Morgan fingerprint density at radius 1 is 1.36 bits per heavy atom. The summed E-state index contributed by atoms with van der Waals surface area (Å²) in [4.78, 5) is 0. The lowest BCUT2D eigenvalue weighted by atomic mass is 9.74. The number of nitrogens with two attached hydrogens (primary N) is 1. The Hall–Kier alpha value is 0.310. The van der Waals surface area contributed by atoms with E-state index < -0.39 is 0 Å². The van der Waals surface area contributed by atoms with Crippen LogP contribution in [-0.4, -0.2) is 16.5 Å². The van der Waals surface area contributed by atoms with E-state index in [1.807, 2.05) is 0 Å². The zero-order chi connectivity index (χ0) is 7.73. The summed E-state index contributed by atoms with van der Waals surface area (Å²) in [5, 5.41) is 0.903. The molecule has 0 aromatic rings. The number of hydrogen-bond donors (Lipinski definition) is 1. The summed E-state index contributed by atoms with van der Waals surface area (Å²) in [7, 11) is 0. The lowest BCUT2D eigenvalue weighted by Gasteiger charge is -2.39. The van der Waals surface area contributed by atoms with Gasteiger partial charge in [-0.2, -0.15) is 11.8 Å². The van der Waals surface area contributed by atoms with Crippen LogP contribution in [0.15, 0.2) is 0 Å². The standard InChI is InChI=1S/C9H17NS/c10-9(4-2-5-9)7-8-3-1-6-11-8/h8H,1-7,10H2. The fourth-order valence-corrected chi connectivity index (χ4v) is 3.54. The van der Waals surface area contributed by atoms with Gasteiger partial charge in [-0.3, -0.25) is 0 Å². The highest BCUT2D eigenvalue weighted by Crippen LogP contribution is 2.39. The first-order valence-corrected chi connectivity index (χ1v) is 5.74. The maximum atomic E-state index is 6.17. The molecule has 11 heavy (non-hydrogen) atoms. The van der Waals surface area contributed by atoms with Crippen LogP contribution in [0, 0.1) is 0 Å². The van der Waals surface area contributed by atoms with Crippen LogP contribution in [0.1, 0.15) is 38.5 Å². The minimum Gasteiger partial charge on any atom is -0.325 e. The SMILES string of the molecule is NC1(CC2CCCS2)CCC1. The Kier molecular flexibility index (Phi) is 2.15. The number of rotatable bonds is 2. The molecule has 0 bridgehead atoms. The molecule has 1 unspecified atom stereocenters. The van der Waals surface area contributed by atoms with E-state index in [0.717, 1.165) is 5.25 Å². The number of hydrogen-bond acceptors (Lipinski definition) is 2. The zero-order valence-corrected chi connectivity index (χ0v) is 7.83. The molecule has 2 heteroatoms. The molecule has 1 saturated heterocycles. The summed E-state index contributed by atoms with van der Waals surface area (Å²) >= 11 is 2.14. The van der Waals surface area contributed by atoms with Gasteiger partial charge in [0.25, 0.3) is 0 Å². The predicted octanol–water partition coefficient (Wildman–Crippen LogP) is 2.15. The zero-order valence-electron chi connectivity index (χ0n) is 7.01. The Bertz CT molecular complexity index is 136. The summed E-state index contributed by atoms with van der Waals surface area (Å²) in [6, 6.07) is 0. The van der Waals surface area contributed by atoms with E-state index in [2.05, 4.69) is 11.8 Å². The molecule has 2 N–H and O–H groups in total. The van der Waals surface area contributed by atoms with Crippen molar-refractivity contribution in [1.29, 1.82) is 0 Å². The molecule has 2 rings (SSSR count). The van der Waals surface area contributed by atoms with E-state index in [1.165, 1.54) is 44.3 Å².